The molecule has 0 saturated carbocycles. The van der Waals surface area contributed by atoms with E-state index >= 15 is 0 Å². The van der Waals surface area contributed by atoms with E-state index in [1.165, 1.54) is 0 Å². The SMILES string of the molecule is COc1ccc(-c2nc(N3CCC4(CCN(C(=O)OCc5ccccc5)C4)CC3)nc3c2ncn3C2CCCCO2)cc1. The van der Waals surface area contributed by atoms with Crippen LogP contribution in [-0.2, 0) is 16.1 Å². The molecule has 224 valence electrons. The zero-order valence-corrected chi connectivity index (χ0v) is 24.7. The van der Waals surface area contributed by atoms with Crippen LogP contribution in [0.15, 0.2) is 60.9 Å². The fourth-order valence-electron chi connectivity index (χ4n) is 6.64. The normalized spacial score (nSPS) is 20.1. The van der Waals surface area contributed by atoms with Crippen molar-refractivity contribution in [1.82, 2.24) is 24.4 Å². The van der Waals surface area contributed by atoms with Crippen LogP contribution < -0.4 is 9.64 Å². The summed E-state index contributed by atoms with van der Waals surface area (Å²) in [6.45, 7) is 4.17. The molecule has 1 unspecified atom stereocenters. The predicted octanol–water partition coefficient (Wildman–Crippen LogP) is 5.83. The molecule has 3 aliphatic rings. The van der Waals surface area contributed by atoms with Crippen molar-refractivity contribution in [3.05, 3.63) is 66.5 Å². The number of imidazole rings is 1. The van der Waals surface area contributed by atoms with Gasteiger partial charge in [0, 0.05) is 38.3 Å². The van der Waals surface area contributed by atoms with Crippen LogP contribution in [0.5, 0.6) is 5.75 Å². The first-order valence-electron chi connectivity index (χ1n) is 15.3. The Hall–Kier alpha value is -4.18. The fraction of sp³-hybridized carbons (Fsp3) is 0.455. The van der Waals surface area contributed by atoms with Crippen LogP contribution in [0.1, 0.15) is 50.3 Å². The van der Waals surface area contributed by atoms with Crippen molar-refractivity contribution in [1.29, 1.82) is 0 Å². The van der Waals surface area contributed by atoms with Gasteiger partial charge in [0.15, 0.2) is 5.65 Å². The molecule has 43 heavy (non-hydrogen) atoms. The van der Waals surface area contributed by atoms with Gasteiger partial charge in [0.25, 0.3) is 0 Å². The van der Waals surface area contributed by atoms with Gasteiger partial charge in [0.1, 0.15) is 29.8 Å². The van der Waals surface area contributed by atoms with Crippen molar-refractivity contribution in [3.63, 3.8) is 0 Å². The third-order valence-corrected chi connectivity index (χ3v) is 9.25. The number of piperidine rings is 1. The highest BCUT2D eigenvalue weighted by molar-refractivity contribution is 5.88. The van der Waals surface area contributed by atoms with E-state index in [2.05, 4.69) is 9.47 Å². The Morgan fingerprint density at radius 1 is 1.00 bits per heavy atom. The van der Waals surface area contributed by atoms with Gasteiger partial charge in [-0.15, -0.1) is 0 Å². The van der Waals surface area contributed by atoms with E-state index in [4.69, 9.17) is 29.2 Å². The summed E-state index contributed by atoms with van der Waals surface area (Å²) in [6, 6.07) is 17.8. The average molecular weight is 583 g/mol. The van der Waals surface area contributed by atoms with E-state index in [1.54, 1.807) is 7.11 Å². The lowest BCUT2D eigenvalue weighted by atomic mass is 9.78. The summed E-state index contributed by atoms with van der Waals surface area (Å²) in [6.07, 6.45) is 7.64. The summed E-state index contributed by atoms with van der Waals surface area (Å²) >= 11 is 0. The molecule has 2 aromatic heterocycles. The molecule has 0 aliphatic carbocycles. The number of fused-ring (bicyclic) bond motifs is 1. The standard InChI is InChI=1S/C33H38N6O4/c1-41-26-12-10-25(11-13-26)28-29-30(39(23-34-29)27-9-5-6-20-42-27)36-31(35-28)37-17-14-33(15-18-37)16-19-38(22-33)32(40)43-21-24-7-3-2-4-8-24/h2-4,7-8,10-13,23,27H,5-6,9,14-22H2,1H3. The second-order valence-electron chi connectivity index (χ2n) is 11.9. The number of rotatable bonds is 6. The number of hydrogen-bond acceptors (Lipinski definition) is 8. The second-order valence-corrected chi connectivity index (χ2v) is 11.9. The van der Waals surface area contributed by atoms with Gasteiger partial charge in [-0.2, -0.15) is 4.98 Å². The molecule has 0 N–H and O–H groups in total. The molecule has 4 aromatic rings. The molecule has 2 aromatic carbocycles. The molecule has 1 spiro atoms. The number of methoxy groups -OCH3 is 1. The number of carbonyl (C=O) groups excluding carboxylic acids is 1. The summed E-state index contributed by atoms with van der Waals surface area (Å²) in [7, 11) is 1.67. The number of aromatic nitrogens is 4. The molecule has 10 heteroatoms. The van der Waals surface area contributed by atoms with Crippen molar-refractivity contribution in [2.24, 2.45) is 5.41 Å². The largest absolute Gasteiger partial charge is 0.497 e. The third-order valence-electron chi connectivity index (χ3n) is 9.25. The summed E-state index contributed by atoms with van der Waals surface area (Å²) in [5.41, 5.74) is 4.46. The molecule has 3 saturated heterocycles. The second kappa shape index (κ2) is 11.8. The van der Waals surface area contributed by atoms with Crippen LogP contribution >= 0.6 is 0 Å². The highest BCUT2D eigenvalue weighted by Gasteiger charge is 2.43. The number of amides is 1. The van der Waals surface area contributed by atoms with Crippen molar-refractivity contribution in [3.8, 4) is 17.0 Å². The zero-order valence-electron chi connectivity index (χ0n) is 24.7. The summed E-state index contributed by atoms with van der Waals surface area (Å²) in [5.74, 6) is 1.51. The monoisotopic (exact) mass is 582 g/mol. The molecule has 7 rings (SSSR count). The minimum Gasteiger partial charge on any atom is -0.497 e. The lowest BCUT2D eigenvalue weighted by molar-refractivity contribution is -0.0298. The predicted molar refractivity (Wildman–Crippen MR) is 163 cm³/mol. The fourth-order valence-corrected chi connectivity index (χ4v) is 6.64. The van der Waals surface area contributed by atoms with Crippen LogP contribution in [-0.4, -0.2) is 70.4 Å². The van der Waals surface area contributed by atoms with E-state index in [9.17, 15) is 4.79 Å². The minimum atomic E-state index is -0.223. The molecular formula is C33H38N6O4. The smallest absolute Gasteiger partial charge is 0.410 e. The Bertz CT molecular complexity index is 1560. The van der Waals surface area contributed by atoms with Gasteiger partial charge < -0.3 is 24.0 Å². The van der Waals surface area contributed by atoms with Crippen LogP contribution in [0.3, 0.4) is 0 Å². The van der Waals surface area contributed by atoms with E-state index < -0.39 is 0 Å². The number of carbonyl (C=O) groups is 1. The Morgan fingerprint density at radius 3 is 2.53 bits per heavy atom. The number of ether oxygens (including phenoxy) is 3. The van der Waals surface area contributed by atoms with Crippen LogP contribution in [0.4, 0.5) is 10.7 Å². The minimum absolute atomic E-state index is 0.0686. The summed E-state index contributed by atoms with van der Waals surface area (Å²) in [5, 5.41) is 0. The van der Waals surface area contributed by atoms with Gasteiger partial charge in [0.2, 0.25) is 5.95 Å². The van der Waals surface area contributed by atoms with Gasteiger partial charge in [-0.3, -0.25) is 4.57 Å². The number of nitrogens with zero attached hydrogens (tertiary/aromatic N) is 6. The van der Waals surface area contributed by atoms with Gasteiger partial charge in [-0.25, -0.2) is 14.8 Å². The van der Waals surface area contributed by atoms with E-state index in [-0.39, 0.29) is 17.7 Å². The van der Waals surface area contributed by atoms with Crippen molar-refractivity contribution < 1.29 is 19.0 Å². The Morgan fingerprint density at radius 2 is 1.79 bits per heavy atom. The maximum Gasteiger partial charge on any atom is 0.410 e. The quantitative estimate of drug-likeness (QED) is 0.280. The molecule has 10 nitrogen and oxygen atoms in total. The van der Waals surface area contributed by atoms with E-state index in [0.717, 1.165) is 105 Å². The highest BCUT2D eigenvalue weighted by atomic mass is 16.6. The molecule has 1 atom stereocenters. The van der Waals surface area contributed by atoms with Gasteiger partial charge in [0.05, 0.1) is 13.4 Å². The molecule has 1 amide bonds. The van der Waals surface area contributed by atoms with E-state index in [0.29, 0.717) is 12.6 Å². The maximum atomic E-state index is 12.9. The lowest BCUT2D eigenvalue weighted by Crippen LogP contribution is -2.43. The number of benzene rings is 2. The number of hydrogen-bond donors (Lipinski definition) is 0. The molecule has 0 radical (unpaired) electrons. The van der Waals surface area contributed by atoms with Gasteiger partial charge in [-0.1, -0.05) is 30.3 Å². The first-order chi connectivity index (χ1) is 21.1. The Balaban J connectivity index is 1.09. The maximum absolute atomic E-state index is 12.9. The Labute approximate surface area is 251 Å². The number of likely N-dealkylation sites (tertiary alicyclic amines) is 1. The van der Waals surface area contributed by atoms with Crippen molar-refractivity contribution >= 4 is 23.2 Å². The first kappa shape index (κ1) is 27.6. The average Bonchev–Trinajstić information content (AvgIpc) is 3.69. The third kappa shape index (κ3) is 5.63. The van der Waals surface area contributed by atoms with Gasteiger partial charge >= 0.3 is 6.09 Å². The van der Waals surface area contributed by atoms with Crippen molar-refractivity contribution in [2.45, 2.75) is 51.4 Å². The first-order valence-corrected chi connectivity index (χ1v) is 15.3. The van der Waals surface area contributed by atoms with Crippen LogP contribution in [0.25, 0.3) is 22.4 Å². The van der Waals surface area contributed by atoms with E-state index in [1.807, 2.05) is 65.8 Å². The van der Waals surface area contributed by atoms with Crippen LogP contribution in [0.2, 0.25) is 0 Å². The number of anilines is 1. The van der Waals surface area contributed by atoms with Crippen molar-refractivity contribution in [2.75, 3.05) is 44.8 Å². The van der Waals surface area contributed by atoms with Crippen LogP contribution in [0, 0.1) is 5.41 Å². The molecule has 3 fully saturated rings. The Kier molecular flexibility index (Phi) is 7.61. The molecule has 0 bridgehead atoms. The molecule has 5 heterocycles. The molecular weight excluding hydrogens is 544 g/mol. The zero-order chi connectivity index (χ0) is 29.2. The molecule has 3 aliphatic heterocycles. The summed E-state index contributed by atoms with van der Waals surface area (Å²) < 4.78 is 19.2. The lowest BCUT2D eigenvalue weighted by Gasteiger charge is -2.39. The van der Waals surface area contributed by atoms with Gasteiger partial charge in [-0.05, 0) is 73.8 Å². The highest BCUT2D eigenvalue weighted by Crippen LogP contribution is 2.42. The topological polar surface area (TPSA) is 94.8 Å². The summed E-state index contributed by atoms with van der Waals surface area (Å²) in [4.78, 5) is 32.0.